The highest BCUT2D eigenvalue weighted by atomic mass is 35.5. The monoisotopic (exact) mass is 448 g/mol. The Bertz CT molecular complexity index is 1090. The second-order valence-corrected chi connectivity index (χ2v) is 8.91. The Morgan fingerprint density at radius 2 is 1.83 bits per heavy atom. The van der Waals surface area contributed by atoms with E-state index < -0.39 is 10.0 Å². The van der Waals surface area contributed by atoms with Gasteiger partial charge in [0.1, 0.15) is 0 Å². The fourth-order valence-corrected chi connectivity index (χ4v) is 3.86. The molecular formula is C20H21ClN4O4S. The molecule has 0 atom stereocenters. The van der Waals surface area contributed by atoms with Crippen LogP contribution in [0.5, 0.6) is 0 Å². The lowest BCUT2D eigenvalue weighted by Crippen LogP contribution is -2.32. The third kappa shape index (κ3) is 6.04. The first-order chi connectivity index (χ1) is 14.3. The van der Waals surface area contributed by atoms with E-state index in [1.807, 2.05) is 6.07 Å². The van der Waals surface area contributed by atoms with Gasteiger partial charge in [0.05, 0.1) is 18.5 Å². The van der Waals surface area contributed by atoms with Gasteiger partial charge in [-0.15, -0.1) is 0 Å². The summed E-state index contributed by atoms with van der Waals surface area (Å²) in [6.07, 6.45) is 1.68. The molecule has 1 amide bonds. The highest BCUT2D eigenvalue weighted by Crippen LogP contribution is 2.19. The van der Waals surface area contributed by atoms with E-state index in [9.17, 15) is 13.2 Å². The molecule has 1 N–H and O–H groups in total. The number of anilines is 1. The molecule has 3 rings (SSSR count). The number of hydrogen-bond donors (Lipinski definition) is 1. The molecule has 0 aliphatic heterocycles. The Morgan fingerprint density at radius 3 is 2.50 bits per heavy atom. The maximum atomic E-state index is 12.1. The molecule has 0 saturated heterocycles. The van der Waals surface area contributed by atoms with E-state index in [4.69, 9.17) is 16.1 Å². The second kappa shape index (κ2) is 9.73. The van der Waals surface area contributed by atoms with Crippen LogP contribution in [0.2, 0.25) is 5.02 Å². The standard InChI is InChI=1S/C20H21ClN4O4S/c1-30(27,28)25(17-6-3-2-4-7-17)13-5-8-18(26)22-14-19-23-20(24-29-19)15-9-11-16(21)12-10-15/h2-4,6-7,9-12H,5,8,13-14H2,1H3,(H,22,26). The molecule has 1 heterocycles. The first-order valence-electron chi connectivity index (χ1n) is 9.21. The molecular weight excluding hydrogens is 428 g/mol. The van der Waals surface area contributed by atoms with Gasteiger partial charge in [0.25, 0.3) is 0 Å². The van der Waals surface area contributed by atoms with Crippen LogP contribution in [0.15, 0.2) is 59.1 Å². The lowest BCUT2D eigenvalue weighted by Gasteiger charge is -2.22. The number of sulfonamides is 1. The van der Waals surface area contributed by atoms with Gasteiger partial charge in [0.15, 0.2) is 0 Å². The van der Waals surface area contributed by atoms with Gasteiger partial charge in [0, 0.05) is 23.6 Å². The van der Waals surface area contributed by atoms with E-state index in [0.29, 0.717) is 23.0 Å². The number of aromatic nitrogens is 2. The van der Waals surface area contributed by atoms with Crippen LogP contribution in [-0.2, 0) is 21.4 Å². The molecule has 0 saturated carbocycles. The Morgan fingerprint density at radius 1 is 1.13 bits per heavy atom. The van der Waals surface area contributed by atoms with Gasteiger partial charge in [-0.25, -0.2) is 8.42 Å². The quantitative estimate of drug-likeness (QED) is 0.538. The molecule has 0 spiro atoms. The first-order valence-corrected chi connectivity index (χ1v) is 11.4. The van der Waals surface area contributed by atoms with Crippen molar-refractivity contribution in [3.63, 3.8) is 0 Å². The molecule has 1 aromatic heterocycles. The summed E-state index contributed by atoms with van der Waals surface area (Å²) in [4.78, 5) is 16.4. The molecule has 158 valence electrons. The minimum absolute atomic E-state index is 0.0912. The number of amides is 1. The topological polar surface area (TPSA) is 105 Å². The van der Waals surface area contributed by atoms with Crippen molar-refractivity contribution < 1.29 is 17.7 Å². The van der Waals surface area contributed by atoms with Crippen LogP contribution in [0, 0.1) is 0 Å². The molecule has 10 heteroatoms. The zero-order valence-corrected chi connectivity index (χ0v) is 17.9. The van der Waals surface area contributed by atoms with E-state index in [1.165, 1.54) is 4.31 Å². The van der Waals surface area contributed by atoms with Crippen LogP contribution < -0.4 is 9.62 Å². The predicted molar refractivity (Wildman–Crippen MR) is 114 cm³/mol. The van der Waals surface area contributed by atoms with Crippen molar-refractivity contribution in [2.75, 3.05) is 17.1 Å². The number of para-hydroxylation sites is 1. The number of halogens is 1. The van der Waals surface area contributed by atoms with Crippen molar-refractivity contribution in [1.82, 2.24) is 15.5 Å². The molecule has 0 radical (unpaired) electrons. The van der Waals surface area contributed by atoms with Crippen molar-refractivity contribution in [2.45, 2.75) is 19.4 Å². The fourth-order valence-electron chi connectivity index (χ4n) is 2.77. The smallest absolute Gasteiger partial charge is 0.246 e. The zero-order valence-electron chi connectivity index (χ0n) is 16.3. The SMILES string of the molecule is CS(=O)(=O)N(CCCC(=O)NCc1nc(-c2ccc(Cl)cc2)no1)c1ccccc1. The van der Waals surface area contributed by atoms with Crippen LogP contribution in [0.25, 0.3) is 11.4 Å². The Hall–Kier alpha value is -2.91. The third-order valence-corrected chi connectivity index (χ3v) is 5.66. The molecule has 2 aromatic carbocycles. The number of carbonyl (C=O) groups excluding carboxylic acids is 1. The van der Waals surface area contributed by atoms with Crippen molar-refractivity contribution in [3.05, 3.63) is 65.5 Å². The van der Waals surface area contributed by atoms with Crippen molar-refractivity contribution in [1.29, 1.82) is 0 Å². The van der Waals surface area contributed by atoms with Crippen LogP contribution >= 0.6 is 11.6 Å². The van der Waals surface area contributed by atoms with Crippen molar-refractivity contribution >= 4 is 33.2 Å². The van der Waals surface area contributed by atoms with Gasteiger partial charge < -0.3 is 9.84 Å². The van der Waals surface area contributed by atoms with Gasteiger partial charge in [-0.05, 0) is 42.8 Å². The Labute approximate surface area is 179 Å². The van der Waals surface area contributed by atoms with E-state index in [0.717, 1.165) is 11.8 Å². The van der Waals surface area contributed by atoms with Gasteiger partial charge in [-0.1, -0.05) is 35.0 Å². The molecule has 30 heavy (non-hydrogen) atoms. The number of rotatable bonds is 9. The summed E-state index contributed by atoms with van der Waals surface area (Å²) in [5.41, 5.74) is 1.32. The lowest BCUT2D eigenvalue weighted by atomic mass is 10.2. The van der Waals surface area contributed by atoms with E-state index in [-0.39, 0.29) is 31.3 Å². The molecule has 0 bridgehead atoms. The number of nitrogens with zero attached hydrogens (tertiary/aromatic N) is 3. The minimum atomic E-state index is -3.44. The summed E-state index contributed by atoms with van der Waals surface area (Å²) < 4.78 is 30.5. The minimum Gasteiger partial charge on any atom is -0.347 e. The number of nitrogens with one attached hydrogen (secondary N) is 1. The highest BCUT2D eigenvalue weighted by molar-refractivity contribution is 7.92. The molecule has 0 aliphatic carbocycles. The van der Waals surface area contributed by atoms with Crippen molar-refractivity contribution in [3.8, 4) is 11.4 Å². The average molecular weight is 449 g/mol. The zero-order chi connectivity index (χ0) is 21.6. The molecule has 0 fully saturated rings. The molecule has 3 aromatic rings. The maximum absolute atomic E-state index is 12.1. The normalized spacial score (nSPS) is 11.3. The number of benzene rings is 2. The van der Waals surface area contributed by atoms with Crippen LogP contribution in [0.3, 0.4) is 0 Å². The maximum Gasteiger partial charge on any atom is 0.246 e. The van der Waals surface area contributed by atoms with Gasteiger partial charge in [-0.2, -0.15) is 4.98 Å². The summed E-state index contributed by atoms with van der Waals surface area (Å²) >= 11 is 5.86. The van der Waals surface area contributed by atoms with Crippen molar-refractivity contribution in [2.24, 2.45) is 0 Å². The fraction of sp³-hybridized carbons (Fsp3) is 0.250. The second-order valence-electron chi connectivity index (χ2n) is 6.57. The summed E-state index contributed by atoms with van der Waals surface area (Å²) in [5, 5.41) is 7.19. The summed E-state index contributed by atoms with van der Waals surface area (Å²) in [6.45, 7) is 0.297. The molecule has 8 nitrogen and oxygen atoms in total. The first kappa shape index (κ1) is 21.8. The third-order valence-electron chi connectivity index (χ3n) is 4.22. The molecule has 0 aliphatic rings. The number of hydrogen-bond acceptors (Lipinski definition) is 6. The summed E-state index contributed by atoms with van der Waals surface area (Å²) in [6, 6.07) is 15.8. The van der Waals surface area contributed by atoms with Gasteiger partial charge in [-0.3, -0.25) is 9.10 Å². The van der Waals surface area contributed by atoms with Gasteiger partial charge in [0.2, 0.25) is 27.6 Å². The molecule has 0 unspecified atom stereocenters. The van der Waals surface area contributed by atoms with E-state index >= 15 is 0 Å². The average Bonchev–Trinajstić information content (AvgIpc) is 3.19. The lowest BCUT2D eigenvalue weighted by molar-refractivity contribution is -0.121. The van der Waals surface area contributed by atoms with Crippen LogP contribution in [-0.4, -0.2) is 37.3 Å². The van der Waals surface area contributed by atoms with E-state index in [1.54, 1.807) is 48.5 Å². The van der Waals surface area contributed by atoms with Crippen LogP contribution in [0.1, 0.15) is 18.7 Å². The van der Waals surface area contributed by atoms with Crippen LogP contribution in [0.4, 0.5) is 5.69 Å². The number of carbonyl (C=O) groups is 1. The van der Waals surface area contributed by atoms with Gasteiger partial charge >= 0.3 is 0 Å². The van der Waals surface area contributed by atoms with E-state index in [2.05, 4.69) is 15.5 Å². The Balaban J connectivity index is 1.48. The summed E-state index contributed by atoms with van der Waals surface area (Å²) in [5.74, 6) is 0.445. The predicted octanol–water partition coefficient (Wildman–Crippen LogP) is 3.25. The largest absolute Gasteiger partial charge is 0.347 e. The highest BCUT2D eigenvalue weighted by Gasteiger charge is 2.17. The Kier molecular flexibility index (Phi) is 7.07. The summed E-state index contributed by atoms with van der Waals surface area (Å²) in [7, 11) is -3.44.